The quantitative estimate of drug-likeness (QED) is 0.846. The van der Waals surface area contributed by atoms with E-state index in [1.54, 1.807) is 7.11 Å². The van der Waals surface area contributed by atoms with Crippen molar-refractivity contribution in [2.75, 3.05) is 13.7 Å². The van der Waals surface area contributed by atoms with Crippen LogP contribution in [0.3, 0.4) is 0 Å². The first-order chi connectivity index (χ1) is 8.81. The number of nitrogens with one attached hydrogen (secondary N) is 1. The van der Waals surface area contributed by atoms with Gasteiger partial charge in [0, 0.05) is 18.3 Å². The number of hydrogen-bond donors (Lipinski definition) is 1. The first-order valence-electron chi connectivity index (χ1n) is 6.17. The van der Waals surface area contributed by atoms with Crippen LogP contribution in [0.5, 0.6) is 5.75 Å². The third-order valence-electron chi connectivity index (χ3n) is 2.74. The molecule has 0 amide bonds. The van der Waals surface area contributed by atoms with Crippen molar-refractivity contribution in [3.8, 4) is 5.75 Å². The molecule has 0 aliphatic carbocycles. The van der Waals surface area contributed by atoms with Crippen LogP contribution in [0.4, 0.5) is 0 Å². The van der Waals surface area contributed by atoms with Crippen LogP contribution in [0.25, 0.3) is 0 Å². The van der Waals surface area contributed by atoms with Gasteiger partial charge in [0.25, 0.3) is 0 Å². The Bertz CT molecular complexity index is 493. The van der Waals surface area contributed by atoms with Gasteiger partial charge in [0.15, 0.2) is 0 Å². The van der Waals surface area contributed by atoms with Gasteiger partial charge in [-0.3, -0.25) is 4.68 Å². The van der Waals surface area contributed by atoms with Crippen molar-refractivity contribution in [2.45, 2.75) is 20.0 Å². The molecule has 1 aromatic heterocycles. The fraction of sp³-hybridized carbons (Fsp3) is 0.357. The average Bonchev–Trinajstić information content (AvgIpc) is 2.84. The monoisotopic (exact) mass is 245 g/mol. The molecule has 0 saturated carbocycles. The molecule has 2 aromatic rings. The molecular formula is C14H19N3O. The zero-order chi connectivity index (χ0) is 12.8. The Kier molecular flexibility index (Phi) is 4.36. The second-order valence-electron chi connectivity index (χ2n) is 4.18. The van der Waals surface area contributed by atoms with Crippen LogP contribution in [0.15, 0.2) is 36.7 Å². The van der Waals surface area contributed by atoms with Gasteiger partial charge >= 0.3 is 0 Å². The van der Waals surface area contributed by atoms with Crippen LogP contribution >= 0.6 is 0 Å². The molecule has 1 N–H and O–H groups in total. The number of hydrogen-bond acceptors (Lipinski definition) is 3. The van der Waals surface area contributed by atoms with E-state index < -0.39 is 0 Å². The molecule has 1 aromatic carbocycles. The van der Waals surface area contributed by atoms with Crippen molar-refractivity contribution in [2.24, 2.45) is 0 Å². The lowest BCUT2D eigenvalue weighted by Gasteiger charge is -2.04. The van der Waals surface area contributed by atoms with Crippen LogP contribution in [0, 0.1) is 0 Å². The van der Waals surface area contributed by atoms with E-state index in [4.69, 9.17) is 4.74 Å². The maximum atomic E-state index is 5.21. The SMILES string of the molecule is CCNCc1cnn(Cc2cccc(OC)c2)c1. The smallest absolute Gasteiger partial charge is 0.119 e. The molecule has 96 valence electrons. The van der Waals surface area contributed by atoms with E-state index in [-0.39, 0.29) is 0 Å². The average molecular weight is 245 g/mol. The highest BCUT2D eigenvalue weighted by molar-refractivity contribution is 5.28. The molecule has 4 heteroatoms. The van der Waals surface area contributed by atoms with Gasteiger partial charge in [-0.25, -0.2) is 0 Å². The van der Waals surface area contributed by atoms with E-state index in [0.29, 0.717) is 0 Å². The molecule has 0 aliphatic heterocycles. The summed E-state index contributed by atoms with van der Waals surface area (Å²) in [4.78, 5) is 0. The molecule has 4 nitrogen and oxygen atoms in total. The number of methoxy groups -OCH3 is 1. The standard InChI is InChI=1S/C14H19N3O/c1-3-15-8-13-9-16-17(11-13)10-12-5-4-6-14(7-12)18-2/h4-7,9,11,15H,3,8,10H2,1-2H3. The predicted molar refractivity (Wildman–Crippen MR) is 71.7 cm³/mol. The van der Waals surface area contributed by atoms with Crippen molar-refractivity contribution in [3.63, 3.8) is 0 Å². The Balaban J connectivity index is 2.01. The third kappa shape index (κ3) is 3.34. The summed E-state index contributed by atoms with van der Waals surface area (Å²) in [5, 5.41) is 7.64. The van der Waals surface area contributed by atoms with E-state index in [2.05, 4.69) is 29.6 Å². The van der Waals surface area contributed by atoms with Crippen LogP contribution in [0.2, 0.25) is 0 Å². The molecule has 0 fully saturated rings. The summed E-state index contributed by atoms with van der Waals surface area (Å²) in [6.45, 7) is 4.71. The molecule has 0 radical (unpaired) electrons. The first-order valence-corrected chi connectivity index (χ1v) is 6.17. The minimum absolute atomic E-state index is 0.767. The van der Waals surface area contributed by atoms with Crippen molar-refractivity contribution in [1.29, 1.82) is 0 Å². The van der Waals surface area contributed by atoms with Gasteiger partial charge in [0.2, 0.25) is 0 Å². The Hall–Kier alpha value is -1.81. The number of nitrogens with zero attached hydrogens (tertiary/aromatic N) is 2. The van der Waals surface area contributed by atoms with Crippen LogP contribution in [0.1, 0.15) is 18.1 Å². The minimum atomic E-state index is 0.767. The minimum Gasteiger partial charge on any atom is -0.497 e. The summed E-state index contributed by atoms with van der Waals surface area (Å²) in [5.74, 6) is 0.882. The van der Waals surface area contributed by atoms with E-state index in [0.717, 1.165) is 25.4 Å². The van der Waals surface area contributed by atoms with E-state index >= 15 is 0 Å². The molecule has 0 unspecified atom stereocenters. The maximum Gasteiger partial charge on any atom is 0.119 e. The molecule has 18 heavy (non-hydrogen) atoms. The second kappa shape index (κ2) is 6.21. The zero-order valence-corrected chi connectivity index (χ0v) is 10.9. The lowest BCUT2D eigenvalue weighted by atomic mass is 10.2. The largest absolute Gasteiger partial charge is 0.497 e. The third-order valence-corrected chi connectivity index (χ3v) is 2.74. The Labute approximate surface area is 108 Å². The highest BCUT2D eigenvalue weighted by Crippen LogP contribution is 2.13. The van der Waals surface area contributed by atoms with E-state index in [1.165, 1.54) is 11.1 Å². The fourth-order valence-corrected chi connectivity index (χ4v) is 1.81. The van der Waals surface area contributed by atoms with Gasteiger partial charge in [-0.1, -0.05) is 19.1 Å². The van der Waals surface area contributed by atoms with Gasteiger partial charge < -0.3 is 10.1 Å². The molecule has 0 spiro atoms. The molecule has 0 atom stereocenters. The van der Waals surface area contributed by atoms with E-state index in [1.807, 2.05) is 29.1 Å². The summed E-state index contributed by atoms with van der Waals surface area (Å²) in [6, 6.07) is 8.06. The maximum absolute atomic E-state index is 5.21. The van der Waals surface area contributed by atoms with Crippen LogP contribution in [-0.2, 0) is 13.1 Å². The van der Waals surface area contributed by atoms with Gasteiger partial charge in [0.1, 0.15) is 5.75 Å². The van der Waals surface area contributed by atoms with Crippen molar-refractivity contribution in [3.05, 3.63) is 47.8 Å². The first kappa shape index (κ1) is 12.6. The summed E-state index contributed by atoms with van der Waals surface area (Å²) in [7, 11) is 1.68. The summed E-state index contributed by atoms with van der Waals surface area (Å²) in [6.07, 6.45) is 3.98. The highest BCUT2D eigenvalue weighted by atomic mass is 16.5. The second-order valence-corrected chi connectivity index (χ2v) is 4.18. The van der Waals surface area contributed by atoms with Gasteiger partial charge in [0.05, 0.1) is 19.9 Å². The van der Waals surface area contributed by atoms with E-state index in [9.17, 15) is 0 Å². The molecule has 1 heterocycles. The predicted octanol–water partition coefficient (Wildman–Crippen LogP) is 2.05. The summed E-state index contributed by atoms with van der Waals surface area (Å²) < 4.78 is 7.16. The molecule has 0 aliphatic rings. The molecular weight excluding hydrogens is 226 g/mol. The van der Waals surface area contributed by atoms with Gasteiger partial charge in [-0.05, 0) is 24.2 Å². The number of benzene rings is 1. The Morgan fingerprint density at radius 3 is 3.00 bits per heavy atom. The fourth-order valence-electron chi connectivity index (χ4n) is 1.81. The van der Waals surface area contributed by atoms with Crippen molar-refractivity contribution < 1.29 is 4.74 Å². The molecule has 2 rings (SSSR count). The number of rotatable bonds is 6. The zero-order valence-electron chi connectivity index (χ0n) is 10.9. The van der Waals surface area contributed by atoms with Crippen LogP contribution < -0.4 is 10.1 Å². The van der Waals surface area contributed by atoms with Crippen molar-refractivity contribution in [1.82, 2.24) is 15.1 Å². The number of ether oxygens (including phenoxy) is 1. The number of aromatic nitrogens is 2. The molecule has 0 bridgehead atoms. The van der Waals surface area contributed by atoms with Crippen LogP contribution in [-0.4, -0.2) is 23.4 Å². The van der Waals surface area contributed by atoms with Gasteiger partial charge in [-0.15, -0.1) is 0 Å². The topological polar surface area (TPSA) is 39.1 Å². The van der Waals surface area contributed by atoms with Crippen molar-refractivity contribution >= 4 is 0 Å². The normalized spacial score (nSPS) is 10.6. The lowest BCUT2D eigenvalue weighted by molar-refractivity contribution is 0.414. The van der Waals surface area contributed by atoms with Gasteiger partial charge in [-0.2, -0.15) is 5.10 Å². The summed E-state index contributed by atoms with van der Waals surface area (Å²) in [5.41, 5.74) is 2.40. The molecule has 0 saturated heterocycles. The Morgan fingerprint density at radius 2 is 2.22 bits per heavy atom. The lowest BCUT2D eigenvalue weighted by Crippen LogP contribution is -2.11. The summed E-state index contributed by atoms with van der Waals surface area (Å²) >= 11 is 0. The highest BCUT2D eigenvalue weighted by Gasteiger charge is 2.00. The Morgan fingerprint density at radius 1 is 1.33 bits per heavy atom.